The molecule has 158 valence electrons. The summed E-state index contributed by atoms with van der Waals surface area (Å²) >= 11 is 0. The van der Waals surface area contributed by atoms with Gasteiger partial charge in [0.05, 0.1) is 5.92 Å². The number of carbonyl (C=O) groups is 2. The number of rotatable bonds is 7. The molecule has 0 aromatic heterocycles. The number of carboxylic acids is 1. The van der Waals surface area contributed by atoms with Gasteiger partial charge in [-0.05, 0) is 61.3 Å². The summed E-state index contributed by atoms with van der Waals surface area (Å²) in [5.41, 5.74) is 2.14. The number of aliphatic carboxylic acids is 1. The average molecular weight is 411 g/mol. The quantitative estimate of drug-likeness (QED) is 0.721. The summed E-state index contributed by atoms with van der Waals surface area (Å²) in [6.45, 7) is 1.26. The van der Waals surface area contributed by atoms with Crippen molar-refractivity contribution in [3.8, 4) is 5.75 Å². The number of benzene rings is 2. The predicted octanol–water partition coefficient (Wildman–Crippen LogP) is 4.64. The van der Waals surface area contributed by atoms with Crippen molar-refractivity contribution in [1.82, 2.24) is 4.90 Å². The van der Waals surface area contributed by atoms with Crippen molar-refractivity contribution in [2.45, 2.75) is 45.3 Å². The van der Waals surface area contributed by atoms with Gasteiger partial charge < -0.3 is 14.7 Å². The Morgan fingerprint density at radius 1 is 1.13 bits per heavy atom. The highest BCUT2D eigenvalue weighted by molar-refractivity contribution is 5.98. The first-order valence-corrected chi connectivity index (χ1v) is 10.5. The molecule has 1 N–H and O–H groups in total. The van der Waals surface area contributed by atoms with Gasteiger partial charge >= 0.3 is 5.97 Å². The van der Waals surface area contributed by atoms with E-state index in [1.165, 1.54) is 12.1 Å². The molecular weight excluding hydrogens is 385 g/mol. The van der Waals surface area contributed by atoms with Gasteiger partial charge in [-0.1, -0.05) is 30.3 Å². The van der Waals surface area contributed by atoms with E-state index in [9.17, 15) is 14.0 Å². The standard InChI is InChI=1S/C24H26FNO4/c25-21-12-19-14-26(11-10-16-6-8-18(9-7-16)24(28)29)23(27)20(19)13-22(21)30-15-17-4-2-1-3-5-17/h1-5,12-13,16,18H,6-11,14-15H2,(H,28,29). The zero-order chi connectivity index (χ0) is 21.1. The van der Waals surface area contributed by atoms with Crippen LogP contribution in [0.1, 0.15) is 53.6 Å². The molecule has 1 aliphatic carbocycles. The maximum atomic E-state index is 14.5. The van der Waals surface area contributed by atoms with Gasteiger partial charge in [0, 0.05) is 18.7 Å². The molecule has 1 aliphatic heterocycles. The first kappa shape index (κ1) is 20.4. The largest absolute Gasteiger partial charge is 0.486 e. The van der Waals surface area contributed by atoms with E-state index in [4.69, 9.17) is 9.84 Å². The van der Waals surface area contributed by atoms with E-state index in [1.54, 1.807) is 4.90 Å². The monoisotopic (exact) mass is 411 g/mol. The van der Waals surface area contributed by atoms with Crippen LogP contribution in [0, 0.1) is 17.7 Å². The topological polar surface area (TPSA) is 66.8 Å². The van der Waals surface area contributed by atoms with E-state index in [-0.39, 0.29) is 24.2 Å². The minimum atomic E-state index is -0.703. The molecule has 2 aromatic carbocycles. The van der Waals surface area contributed by atoms with E-state index >= 15 is 0 Å². The molecule has 1 saturated carbocycles. The SMILES string of the molecule is O=C(O)C1CCC(CCN2Cc3cc(F)c(OCc4ccccc4)cc3C2=O)CC1. The number of amides is 1. The Hall–Kier alpha value is -2.89. The zero-order valence-electron chi connectivity index (χ0n) is 16.9. The van der Waals surface area contributed by atoms with Gasteiger partial charge in [0.25, 0.3) is 5.91 Å². The van der Waals surface area contributed by atoms with Crippen molar-refractivity contribution in [2.24, 2.45) is 11.8 Å². The molecule has 1 amide bonds. The van der Waals surface area contributed by atoms with Gasteiger partial charge in [-0.3, -0.25) is 9.59 Å². The number of hydrogen-bond acceptors (Lipinski definition) is 3. The van der Waals surface area contributed by atoms with Gasteiger partial charge in [0.1, 0.15) is 6.61 Å². The van der Waals surface area contributed by atoms with Crippen molar-refractivity contribution in [3.05, 3.63) is 65.0 Å². The Bertz CT molecular complexity index is 922. The predicted molar refractivity (Wildman–Crippen MR) is 110 cm³/mol. The summed E-state index contributed by atoms with van der Waals surface area (Å²) in [5, 5.41) is 9.12. The first-order chi connectivity index (χ1) is 14.5. The Labute approximate surface area is 175 Å². The molecule has 0 atom stereocenters. The molecule has 2 aliphatic rings. The van der Waals surface area contributed by atoms with E-state index in [1.807, 2.05) is 30.3 Å². The molecule has 0 bridgehead atoms. The van der Waals surface area contributed by atoms with Gasteiger partial charge in [-0.25, -0.2) is 4.39 Å². The molecule has 0 saturated heterocycles. The number of ether oxygens (including phenoxy) is 1. The normalized spacial score (nSPS) is 20.8. The van der Waals surface area contributed by atoms with Gasteiger partial charge in [0.15, 0.2) is 11.6 Å². The van der Waals surface area contributed by atoms with Gasteiger partial charge in [0.2, 0.25) is 0 Å². The first-order valence-electron chi connectivity index (χ1n) is 10.5. The van der Waals surface area contributed by atoms with Gasteiger partial charge in [-0.15, -0.1) is 0 Å². The number of carbonyl (C=O) groups excluding carboxylic acids is 1. The molecule has 30 heavy (non-hydrogen) atoms. The molecule has 2 aromatic rings. The third-order valence-electron chi connectivity index (χ3n) is 6.28. The highest BCUT2D eigenvalue weighted by Gasteiger charge is 2.31. The summed E-state index contributed by atoms with van der Waals surface area (Å²) in [7, 11) is 0. The fourth-order valence-electron chi connectivity index (χ4n) is 4.44. The van der Waals surface area contributed by atoms with Crippen LogP contribution < -0.4 is 4.74 Å². The van der Waals surface area contributed by atoms with Crippen LogP contribution in [0.4, 0.5) is 4.39 Å². The van der Waals surface area contributed by atoms with Crippen molar-refractivity contribution in [2.75, 3.05) is 6.54 Å². The van der Waals surface area contributed by atoms with Crippen LogP contribution >= 0.6 is 0 Å². The number of fused-ring (bicyclic) bond motifs is 1. The third kappa shape index (κ3) is 4.48. The summed E-state index contributed by atoms with van der Waals surface area (Å²) in [4.78, 5) is 25.7. The maximum Gasteiger partial charge on any atom is 0.306 e. The lowest BCUT2D eigenvalue weighted by Gasteiger charge is -2.27. The smallest absolute Gasteiger partial charge is 0.306 e. The van der Waals surface area contributed by atoms with Crippen LogP contribution in [-0.2, 0) is 17.9 Å². The maximum absolute atomic E-state index is 14.5. The van der Waals surface area contributed by atoms with Crippen LogP contribution in [-0.4, -0.2) is 28.4 Å². The van der Waals surface area contributed by atoms with Crippen LogP contribution in [0.15, 0.2) is 42.5 Å². The van der Waals surface area contributed by atoms with E-state index in [0.717, 1.165) is 24.8 Å². The summed E-state index contributed by atoms with van der Waals surface area (Å²) in [5.74, 6) is -0.930. The van der Waals surface area contributed by atoms with Crippen molar-refractivity contribution >= 4 is 11.9 Å². The second-order valence-corrected chi connectivity index (χ2v) is 8.29. The second-order valence-electron chi connectivity index (χ2n) is 8.29. The summed E-state index contributed by atoms with van der Waals surface area (Å²) in [6, 6.07) is 12.4. The number of halogens is 1. The van der Waals surface area contributed by atoms with Gasteiger partial charge in [-0.2, -0.15) is 0 Å². The van der Waals surface area contributed by atoms with Crippen LogP contribution in [0.3, 0.4) is 0 Å². The average Bonchev–Trinajstić information content (AvgIpc) is 3.06. The fourth-order valence-corrected chi connectivity index (χ4v) is 4.44. The molecule has 1 fully saturated rings. The molecule has 4 rings (SSSR count). The highest BCUT2D eigenvalue weighted by atomic mass is 19.1. The summed E-state index contributed by atoms with van der Waals surface area (Å²) in [6.07, 6.45) is 4.05. The Morgan fingerprint density at radius 3 is 2.57 bits per heavy atom. The fraction of sp³-hybridized carbons (Fsp3) is 0.417. The van der Waals surface area contributed by atoms with E-state index < -0.39 is 11.8 Å². The van der Waals surface area contributed by atoms with E-state index in [2.05, 4.69) is 0 Å². The molecule has 0 radical (unpaired) electrons. The minimum Gasteiger partial charge on any atom is -0.486 e. The third-order valence-corrected chi connectivity index (χ3v) is 6.28. The molecule has 6 heteroatoms. The Balaban J connectivity index is 1.34. The molecule has 0 unspecified atom stereocenters. The van der Waals surface area contributed by atoms with Crippen LogP contribution in [0.5, 0.6) is 5.75 Å². The number of nitrogens with zero attached hydrogens (tertiary/aromatic N) is 1. The van der Waals surface area contributed by atoms with Crippen LogP contribution in [0.25, 0.3) is 0 Å². The van der Waals surface area contributed by atoms with Crippen molar-refractivity contribution in [1.29, 1.82) is 0 Å². The highest BCUT2D eigenvalue weighted by Crippen LogP contribution is 2.33. The molecule has 0 spiro atoms. The Morgan fingerprint density at radius 2 is 1.87 bits per heavy atom. The van der Waals surface area contributed by atoms with Crippen molar-refractivity contribution < 1.29 is 23.8 Å². The minimum absolute atomic E-state index is 0.0891. The molecule has 5 nitrogen and oxygen atoms in total. The Kier molecular flexibility index (Phi) is 6.02. The molecule has 1 heterocycles. The van der Waals surface area contributed by atoms with Crippen molar-refractivity contribution in [3.63, 3.8) is 0 Å². The molecular formula is C24H26FNO4. The lowest BCUT2D eigenvalue weighted by Crippen LogP contribution is -2.28. The summed E-state index contributed by atoms with van der Waals surface area (Å²) < 4.78 is 20.1. The lowest BCUT2D eigenvalue weighted by atomic mass is 9.80. The number of hydrogen-bond donors (Lipinski definition) is 1. The zero-order valence-corrected chi connectivity index (χ0v) is 16.9. The van der Waals surface area contributed by atoms with Crippen LogP contribution in [0.2, 0.25) is 0 Å². The lowest BCUT2D eigenvalue weighted by molar-refractivity contribution is -0.143. The number of carboxylic acid groups (broad SMARTS) is 1. The second kappa shape index (κ2) is 8.86. The van der Waals surface area contributed by atoms with E-state index in [0.29, 0.717) is 43.0 Å².